The Morgan fingerprint density at radius 1 is 1.04 bits per heavy atom. The van der Waals surface area contributed by atoms with Crippen molar-refractivity contribution in [2.75, 3.05) is 6.54 Å². The van der Waals surface area contributed by atoms with Crippen LogP contribution in [0, 0.1) is 6.92 Å². The van der Waals surface area contributed by atoms with Crippen molar-refractivity contribution in [3.8, 4) is 0 Å². The fraction of sp³-hybridized carbons (Fsp3) is 0.381. The summed E-state index contributed by atoms with van der Waals surface area (Å²) in [5.74, 6) is 0. The zero-order valence-corrected chi connectivity index (χ0v) is 17.2. The molecule has 0 aliphatic rings. The Morgan fingerprint density at radius 2 is 1.71 bits per heavy atom. The van der Waals surface area contributed by atoms with Crippen molar-refractivity contribution in [3.05, 3.63) is 65.7 Å². The van der Waals surface area contributed by atoms with E-state index in [1.54, 1.807) is 24.3 Å². The third-order valence-corrected chi connectivity index (χ3v) is 5.84. The second-order valence-corrected chi connectivity index (χ2v) is 8.53. The summed E-state index contributed by atoms with van der Waals surface area (Å²) in [5.41, 5.74) is 1.95. The molecule has 28 heavy (non-hydrogen) atoms. The van der Waals surface area contributed by atoms with Crippen molar-refractivity contribution >= 4 is 16.1 Å². The highest BCUT2D eigenvalue weighted by Crippen LogP contribution is 2.12. The van der Waals surface area contributed by atoms with Crippen molar-refractivity contribution in [2.45, 2.75) is 50.7 Å². The molecule has 0 aliphatic carbocycles. The summed E-state index contributed by atoms with van der Waals surface area (Å²) in [4.78, 5) is 11.9. The average molecular weight is 405 g/mol. The number of hydrogen-bond donors (Lipinski definition) is 2. The summed E-state index contributed by atoms with van der Waals surface area (Å²) in [6, 6.07) is 16.1. The van der Waals surface area contributed by atoms with Gasteiger partial charge in [0.1, 0.15) is 6.61 Å². The first-order chi connectivity index (χ1) is 13.4. The minimum absolute atomic E-state index is 0.184. The van der Waals surface area contributed by atoms with E-state index in [1.165, 1.54) is 0 Å². The van der Waals surface area contributed by atoms with Crippen LogP contribution in [0.4, 0.5) is 4.79 Å². The monoisotopic (exact) mass is 404 g/mol. The molecule has 0 aromatic heterocycles. The average Bonchev–Trinajstić information content (AvgIpc) is 2.67. The van der Waals surface area contributed by atoms with Gasteiger partial charge in [-0.25, -0.2) is 17.9 Å². The Labute approximate surface area is 167 Å². The van der Waals surface area contributed by atoms with Gasteiger partial charge in [-0.15, -0.1) is 0 Å². The number of benzene rings is 2. The fourth-order valence-corrected chi connectivity index (χ4v) is 3.93. The van der Waals surface area contributed by atoms with E-state index in [-0.39, 0.29) is 17.5 Å². The molecule has 0 bridgehead atoms. The zero-order chi connectivity index (χ0) is 20.4. The second kappa shape index (κ2) is 10.8. The van der Waals surface area contributed by atoms with Crippen LogP contribution < -0.4 is 10.0 Å². The molecular formula is C21H28N2O4S. The highest BCUT2D eigenvalue weighted by atomic mass is 32.2. The topological polar surface area (TPSA) is 84.5 Å². The predicted molar refractivity (Wildman–Crippen MR) is 109 cm³/mol. The molecule has 1 atom stereocenters. The first-order valence-electron chi connectivity index (χ1n) is 9.40. The van der Waals surface area contributed by atoms with Crippen LogP contribution in [0.2, 0.25) is 0 Å². The highest BCUT2D eigenvalue weighted by molar-refractivity contribution is 7.89. The van der Waals surface area contributed by atoms with Crippen molar-refractivity contribution in [2.24, 2.45) is 0 Å². The third kappa shape index (κ3) is 7.70. The Kier molecular flexibility index (Phi) is 8.47. The maximum atomic E-state index is 12.3. The van der Waals surface area contributed by atoms with Crippen LogP contribution in [0.1, 0.15) is 37.3 Å². The van der Waals surface area contributed by atoms with Crippen molar-refractivity contribution < 1.29 is 17.9 Å². The molecule has 0 saturated heterocycles. The molecule has 0 fully saturated rings. The molecule has 0 aliphatic heterocycles. The van der Waals surface area contributed by atoms with Crippen LogP contribution in [0.15, 0.2) is 59.5 Å². The van der Waals surface area contributed by atoms with Crippen LogP contribution in [-0.2, 0) is 21.4 Å². The van der Waals surface area contributed by atoms with Gasteiger partial charge < -0.3 is 10.1 Å². The third-order valence-electron chi connectivity index (χ3n) is 4.23. The summed E-state index contributed by atoms with van der Waals surface area (Å²) < 4.78 is 32.5. The molecule has 0 spiro atoms. The molecule has 7 heteroatoms. The van der Waals surface area contributed by atoms with Gasteiger partial charge in [0, 0.05) is 12.6 Å². The number of rotatable bonds is 10. The SMILES string of the molecule is Cc1ccc(S(=O)(=O)NC(C)CCCCNC(=O)OCc2ccccc2)cc1. The smallest absolute Gasteiger partial charge is 0.407 e. The van der Waals surface area contributed by atoms with E-state index in [4.69, 9.17) is 4.74 Å². The van der Waals surface area contributed by atoms with Crippen LogP contribution in [0.5, 0.6) is 0 Å². The number of unbranched alkanes of at least 4 members (excludes halogenated alkanes) is 1. The summed E-state index contributed by atoms with van der Waals surface area (Å²) in [6.07, 6.45) is 1.77. The molecule has 152 valence electrons. The van der Waals surface area contributed by atoms with E-state index in [9.17, 15) is 13.2 Å². The lowest BCUT2D eigenvalue weighted by molar-refractivity contribution is 0.139. The van der Waals surface area contributed by atoms with E-state index in [0.29, 0.717) is 13.0 Å². The lowest BCUT2D eigenvalue weighted by Crippen LogP contribution is -2.32. The molecule has 6 nitrogen and oxygen atoms in total. The van der Waals surface area contributed by atoms with Crippen molar-refractivity contribution in [3.63, 3.8) is 0 Å². The molecule has 0 saturated carbocycles. The van der Waals surface area contributed by atoms with Gasteiger partial charge in [-0.2, -0.15) is 0 Å². The van der Waals surface area contributed by atoms with Crippen LogP contribution in [0.25, 0.3) is 0 Å². The Balaban J connectivity index is 1.61. The minimum atomic E-state index is -3.51. The Hall–Kier alpha value is -2.38. The first kappa shape index (κ1) is 21.9. The molecule has 2 N–H and O–H groups in total. The first-order valence-corrected chi connectivity index (χ1v) is 10.9. The van der Waals surface area contributed by atoms with Crippen molar-refractivity contribution in [1.82, 2.24) is 10.0 Å². The standard InChI is InChI=1S/C21H28N2O4S/c1-17-11-13-20(14-12-17)28(25,26)23-18(2)8-6-7-15-22-21(24)27-16-19-9-4-3-5-10-19/h3-5,9-14,18,23H,6-8,15-16H2,1-2H3,(H,22,24). The quantitative estimate of drug-likeness (QED) is 0.591. The van der Waals surface area contributed by atoms with Gasteiger partial charge in [-0.05, 0) is 44.4 Å². The maximum Gasteiger partial charge on any atom is 0.407 e. The molecular weight excluding hydrogens is 376 g/mol. The van der Waals surface area contributed by atoms with Gasteiger partial charge in [-0.1, -0.05) is 54.4 Å². The predicted octanol–water partition coefficient (Wildman–Crippen LogP) is 3.76. The van der Waals surface area contributed by atoms with E-state index >= 15 is 0 Å². The molecule has 0 radical (unpaired) electrons. The number of alkyl carbamates (subject to hydrolysis) is 1. The van der Waals surface area contributed by atoms with Gasteiger partial charge >= 0.3 is 6.09 Å². The molecule has 2 aromatic rings. The molecule has 1 amide bonds. The van der Waals surface area contributed by atoms with Crippen molar-refractivity contribution in [1.29, 1.82) is 0 Å². The van der Waals surface area contributed by atoms with Crippen LogP contribution in [-0.4, -0.2) is 27.1 Å². The minimum Gasteiger partial charge on any atom is -0.445 e. The van der Waals surface area contributed by atoms with E-state index in [1.807, 2.05) is 44.2 Å². The lowest BCUT2D eigenvalue weighted by atomic mass is 10.1. The zero-order valence-electron chi connectivity index (χ0n) is 16.4. The maximum absolute atomic E-state index is 12.3. The summed E-state index contributed by atoms with van der Waals surface area (Å²) in [6.45, 7) is 4.49. The van der Waals surface area contributed by atoms with E-state index in [0.717, 1.165) is 24.0 Å². The number of carbonyl (C=O) groups excluding carboxylic acids is 1. The number of sulfonamides is 1. The number of nitrogens with one attached hydrogen (secondary N) is 2. The van der Waals surface area contributed by atoms with Gasteiger partial charge in [0.05, 0.1) is 4.90 Å². The number of hydrogen-bond acceptors (Lipinski definition) is 4. The fourth-order valence-electron chi connectivity index (χ4n) is 2.65. The summed E-state index contributed by atoms with van der Waals surface area (Å²) >= 11 is 0. The van der Waals surface area contributed by atoms with Gasteiger partial charge in [0.15, 0.2) is 0 Å². The van der Waals surface area contributed by atoms with Gasteiger partial charge in [0.25, 0.3) is 0 Å². The normalized spacial score (nSPS) is 12.4. The highest BCUT2D eigenvalue weighted by Gasteiger charge is 2.16. The van der Waals surface area contributed by atoms with Gasteiger partial charge in [0.2, 0.25) is 10.0 Å². The number of amides is 1. The molecule has 2 aromatic carbocycles. The molecule has 2 rings (SSSR count). The Morgan fingerprint density at radius 3 is 2.39 bits per heavy atom. The van der Waals surface area contributed by atoms with E-state index in [2.05, 4.69) is 10.0 Å². The van der Waals surface area contributed by atoms with Gasteiger partial charge in [-0.3, -0.25) is 0 Å². The molecule has 0 heterocycles. The van der Waals surface area contributed by atoms with E-state index < -0.39 is 16.1 Å². The number of ether oxygens (including phenoxy) is 1. The van der Waals surface area contributed by atoms with Crippen LogP contribution >= 0.6 is 0 Å². The second-order valence-electron chi connectivity index (χ2n) is 6.82. The molecule has 1 unspecified atom stereocenters. The summed E-state index contributed by atoms with van der Waals surface area (Å²) in [5, 5.41) is 2.71. The lowest BCUT2D eigenvalue weighted by Gasteiger charge is -2.14. The largest absolute Gasteiger partial charge is 0.445 e. The number of aryl methyl sites for hydroxylation is 1. The summed E-state index contributed by atoms with van der Waals surface area (Å²) in [7, 11) is -3.51. The Bertz CT molecular complexity index is 836. The van der Waals surface area contributed by atoms with Crippen LogP contribution in [0.3, 0.4) is 0 Å². The number of carbonyl (C=O) groups is 1.